The first-order valence-corrected chi connectivity index (χ1v) is 21.1. The van der Waals surface area contributed by atoms with Gasteiger partial charge in [-0.25, -0.2) is 9.97 Å². The third kappa shape index (κ3) is 7.24. The summed E-state index contributed by atoms with van der Waals surface area (Å²) in [6.45, 7) is 26.3. The minimum Gasteiger partial charge on any atom is -0.657 e. The molecule has 0 spiro atoms. The molecule has 7 aromatic rings. The van der Waals surface area contributed by atoms with Crippen LogP contribution in [0.4, 0.5) is 0 Å². The molecule has 0 unspecified atom stereocenters. The summed E-state index contributed by atoms with van der Waals surface area (Å²) in [7, 11) is 0. The topological polar surface area (TPSA) is 54.0 Å². The zero-order chi connectivity index (χ0) is 42.3. The molecule has 0 aliphatic carbocycles. The van der Waals surface area contributed by atoms with Crippen molar-refractivity contribution in [2.75, 3.05) is 0 Å². The maximum atomic E-state index is 5.59. The summed E-state index contributed by atoms with van der Waals surface area (Å²) >= 11 is 0. The Bertz CT molecular complexity index is 2970. The van der Waals surface area contributed by atoms with Crippen molar-refractivity contribution < 1.29 is 17.1 Å². The van der Waals surface area contributed by atoms with Gasteiger partial charge in [-0.15, -0.1) is 22.1 Å². The van der Waals surface area contributed by atoms with Crippen molar-refractivity contribution >= 4 is 46.4 Å². The quantitative estimate of drug-likeness (QED) is 0.166. The zero-order valence-electron chi connectivity index (χ0n) is 37.4. The number of aryl methyl sites for hydroxylation is 12. The first-order valence-electron chi connectivity index (χ1n) is 21.1. The largest absolute Gasteiger partial charge is 2.00 e. The Labute approximate surface area is 371 Å². The van der Waals surface area contributed by atoms with Gasteiger partial charge >= 0.3 is 17.1 Å². The Kier molecular flexibility index (Phi) is 10.8. The molecule has 1 radical (unpaired) electrons. The molecule has 0 fully saturated rings. The average molecular weight is 836 g/mol. The Hall–Kier alpha value is -6.00. The second-order valence-electron chi connectivity index (χ2n) is 17.5. The van der Waals surface area contributed by atoms with Crippen LogP contribution >= 0.6 is 0 Å². The van der Waals surface area contributed by atoms with E-state index in [-0.39, 0.29) is 17.1 Å². The normalized spacial score (nSPS) is 12.0. The summed E-state index contributed by atoms with van der Waals surface area (Å²) < 4.78 is 0. The van der Waals surface area contributed by atoms with E-state index < -0.39 is 0 Å². The fourth-order valence-corrected chi connectivity index (χ4v) is 10.4. The van der Waals surface area contributed by atoms with Crippen LogP contribution in [-0.4, -0.2) is 9.97 Å². The summed E-state index contributed by atoms with van der Waals surface area (Å²) in [6.07, 6.45) is 8.72. The van der Waals surface area contributed by atoms with Crippen LogP contribution in [0.25, 0.3) is 90.9 Å². The molecule has 0 saturated carbocycles. The van der Waals surface area contributed by atoms with Crippen molar-refractivity contribution in [1.29, 1.82) is 0 Å². The van der Waals surface area contributed by atoms with Gasteiger partial charge in [-0.3, -0.25) is 0 Å². The van der Waals surface area contributed by atoms with Crippen LogP contribution in [0, 0.1) is 83.1 Å². The minimum atomic E-state index is 0. The molecule has 4 aromatic carbocycles. The number of benzene rings is 4. The van der Waals surface area contributed by atoms with Crippen molar-refractivity contribution in [3.63, 3.8) is 0 Å². The Balaban J connectivity index is 0.00000514. The molecule has 2 aliphatic rings. The summed E-state index contributed by atoms with van der Waals surface area (Å²) in [5.74, 6) is 0. The van der Waals surface area contributed by atoms with Crippen LogP contribution in [0.2, 0.25) is 0 Å². The van der Waals surface area contributed by atoms with Gasteiger partial charge in [-0.1, -0.05) is 95.1 Å². The van der Waals surface area contributed by atoms with E-state index in [0.717, 1.165) is 89.4 Å². The SMILES string of the molecule is Cc1cc(C)c(-c2c3nc(c(-c4c(C)cc(C)cc4C)c4ccc([n-]4)c(-c4c(C)cc(C)cc4C)c4ccc([n-]4)c(-c4c(C)cc(C)cc4C)c4nc2C=C4)C=C3)c(C)c1.[Mn+2]. The standard InChI is InChI=1S/C56H52N4.Mn/c1-29-21-33(5)49(34(6)22-29)53-41-13-15-43(57-41)54(50-35(7)23-30(2)24-36(50)8)45-17-19-47(59-45)56(52-39(11)27-32(4)28-40(52)12)48-20-18-46(60-48)55(44-16-14-42(53)58-44)51-37(9)25-31(3)26-38(51)10;/h13-28H,1-12H3;/q-2;+2. The molecule has 5 heterocycles. The van der Waals surface area contributed by atoms with Crippen LogP contribution in [0.1, 0.15) is 89.5 Å². The third-order valence-electron chi connectivity index (χ3n) is 12.3. The number of nitrogens with zero attached hydrogens (tertiary/aromatic N) is 4. The Morgan fingerprint density at radius 2 is 0.492 bits per heavy atom. The van der Waals surface area contributed by atoms with E-state index in [9.17, 15) is 0 Å². The maximum absolute atomic E-state index is 5.59. The molecule has 9 rings (SSSR count). The second kappa shape index (κ2) is 15.8. The van der Waals surface area contributed by atoms with Gasteiger partial charge < -0.3 is 9.97 Å². The first kappa shape index (κ1) is 41.7. The fourth-order valence-electron chi connectivity index (χ4n) is 10.4. The van der Waals surface area contributed by atoms with Crippen molar-refractivity contribution in [3.05, 3.63) is 162 Å². The maximum Gasteiger partial charge on any atom is 2.00 e. The van der Waals surface area contributed by atoms with E-state index in [1.165, 1.54) is 66.8 Å². The van der Waals surface area contributed by atoms with Crippen LogP contribution in [-0.2, 0) is 17.1 Å². The van der Waals surface area contributed by atoms with Crippen LogP contribution in [0.15, 0.2) is 72.8 Å². The number of aromatic nitrogens is 4. The van der Waals surface area contributed by atoms with Crippen molar-refractivity contribution in [2.24, 2.45) is 0 Å². The van der Waals surface area contributed by atoms with Gasteiger partial charge in [0.25, 0.3) is 0 Å². The number of hydrogen-bond donors (Lipinski definition) is 0. The summed E-state index contributed by atoms with van der Waals surface area (Å²) in [5, 5.41) is 0. The molecule has 8 bridgehead atoms. The average Bonchev–Trinajstić information content (AvgIpc) is 3.99. The van der Waals surface area contributed by atoms with Gasteiger partial charge in [0.05, 0.1) is 22.8 Å². The van der Waals surface area contributed by atoms with Crippen LogP contribution in [0.3, 0.4) is 0 Å². The molecule has 2 aliphatic heterocycles. The molecule has 61 heavy (non-hydrogen) atoms. The Morgan fingerprint density at radius 1 is 0.279 bits per heavy atom. The Morgan fingerprint density at radius 3 is 0.770 bits per heavy atom. The molecule has 0 saturated heterocycles. The van der Waals surface area contributed by atoms with E-state index in [0.29, 0.717) is 0 Å². The summed E-state index contributed by atoms with van der Waals surface area (Å²) in [5.41, 5.74) is 30.4. The molecular weight excluding hydrogens is 784 g/mol. The predicted octanol–water partition coefficient (Wildman–Crippen LogP) is 14.3. The van der Waals surface area contributed by atoms with Gasteiger partial charge in [0.1, 0.15) is 0 Å². The number of fused-ring (bicyclic) bond motifs is 8. The molecule has 303 valence electrons. The molecule has 3 aromatic heterocycles. The fraction of sp³-hybridized carbons (Fsp3) is 0.214. The molecule has 0 atom stereocenters. The van der Waals surface area contributed by atoms with Gasteiger partial charge in [0, 0.05) is 5.56 Å². The molecule has 0 amide bonds. The van der Waals surface area contributed by atoms with Gasteiger partial charge in [0.15, 0.2) is 0 Å². The van der Waals surface area contributed by atoms with E-state index >= 15 is 0 Å². The van der Waals surface area contributed by atoms with Gasteiger partial charge in [-0.05, 0) is 191 Å². The number of hydrogen-bond acceptors (Lipinski definition) is 2. The van der Waals surface area contributed by atoms with Crippen molar-refractivity contribution in [3.8, 4) is 44.5 Å². The van der Waals surface area contributed by atoms with E-state index in [1.54, 1.807) is 0 Å². The predicted molar refractivity (Wildman–Crippen MR) is 255 cm³/mol. The van der Waals surface area contributed by atoms with E-state index in [2.05, 4.69) is 180 Å². The molecular formula is C56H52MnN4. The smallest absolute Gasteiger partial charge is 0.657 e. The van der Waals surface area contributed by atoms with Gasteiger partial charge in [0.2, 0.25) is 0 Å². The minimum absolute atomic E-state index is 0. The number of rotatable bonds is 4. The molecule has 5 heteroatoms. The van der Waals surface area contributed by atoms with Gasteiger partial charge in [-0.2, -0.15) is 0 Å². The summed E-state index contributed by atoms with van der Waals surface area (Å²) in [4.78, 5) is 22.4. The zero-order valence-corrected chi connectivity index (χ0v) is 38.6. The van der Waals surface area contributed by atoms with E-state index in [1.807, 2.05) is 0 Å². The molecule has 0 N–H and O–H groups in total. The molecule has 4 nitrogen and oxygen atoms in total. The first-order chi connectivity index (χ1) is 28.7. The summed E-state index contributed by atoms with van der Waals surface area (Å²) in [6, 6.07) is 26.9. The van der Waals surface area contributed by atoms with E-state index in [4.69, 9.17) is 19.9 Å². The van der Waals surface area contributed by atoms with Crippen LogP contribution < -0.4 is 9.97 Å². The second-order valence-corrected chi connectivity index (χ2v) is 17.5. The third-order valence-corrected chi connectivity index (χ3v) is 12.3. The monoisotopic (exact) mass is 835 g/mol. The van der Waals surface area contributed by atoms with Crippen LogP contribution in [0.5, 0.6) is 0 Å². The van der Waals surface area contributed by atoms with Crippen molar-refractivity contribution in [1.82, 2.24) is 19.9 Å². The van der Waals surface area contributed by atoms with Crippen molar-refractivity contribution in [2.45, 2.75) is 83.1 Å².